The Bertz CT molecular complexity index is 484. The maximum absolute atomic E-state index is 8.46. The number of ether oxygens (including phenoxy) is 4. The maximum atomic E-state index is 8.46. The van der Waals surface area contributed by atoms with Crippen LogP contribution in [0.4, 0.5) is 0 Å². The average Bonchev–Trinajstić information content (AvgIpc) is 3.71. The number of fused-ring (bicyclic) bond motifs is 1. The van der Waals surface area contributed by atoms with Gasteiger partial charge in [0.15, 0.2) is 0 Å². The SMILES string of the molecule is CCCCCCCCC(CCC1CCC2OC2C1)C(OC)(OC)OC.CCCCCCCCCCSO. The number of rotatable bonds is 23. The lowest BCUT2D eigenvalue weighted by Gasteiger charge is -2.37. The third-order valence-electron chi connectivity index (χ3n) is 8.38. The molecule has 0 bridgehead atoms. The third kappa shape index (κ3) is 15.5. The van der Waals surface area contributed by atoms with Crippen molar-refractivity contribution >= 4 is 12.0 Å². The Balaban J connectivity index is 0.000000482. The zero-order chi connectivity index (χ0) is 27.2. The summed E-state index contributed by atoms with van der Waals surface area (Å²) in [6.45, 7) is 4.51. The maximum Gasteiger partial charge on any atom is 0.285 e. The lowest BCUT2D eigenvalue weighted by atomic mass is 9.82. The Hall–Kier alpha value is 0.150. The lowest BCUT2D eigenvalue weighted by molar-refractivity contribution is -0.380. The van der Waals surface area contributed by atoms with Gasteiger partial charge >= 0.3 is 0 Å². The summed E-state index contributed by atoms with van der Waals surface area (Å²) in [5.41, 5.74) is 0. The molecule has 6 heteroatoms. The average molecular weight is 547 g/mol. The van der Waals surface area contributed by atoms with Crippen molar-refractivity contribution in [1.29, 1.82) is 0 Å². The molecule has 1 saturated carbocycles. The van der Waals surface area contributed by atoms with Crippen molar-refractivity contribution in [2.45, 2.75) is 160 Å². The van der Waals surface area contributed by atoms with Crippen LogP contribution in [0, 0.1) is 11.8 Å². The summed E-state index contributed by atoms with van der Waals surface area (Å²) in [6.07, 6.45) is 27.0. The van der Waals surface area contributed by atoms with Gasteiger partial charge in [0.05, 0.1) is 12.2 Å². The van der Waals surface area contributed by atoms with E-state index in [0.29, 0.717) is 12.2 Å². The van der Waals surface area contributed by atoms with E-state index < -0.39 is 5.97 Å². The first kappa shape index (κ1) is 35.2. The highest BCUT2D eigenvalue weighted by Crippen LogP contribution is 2.42. The topological polar surface area (TPSA) is 60.5 Å². The molecular weight excluding hydrogens is 484 g/mol. The van der Waals surface area contributed by atoms with Gasteiger partial charge in [0.2, 0.25) is 0 Å². The smallest absolute Gasteiger partial charge is 0.285 e. The van der Waals surface area contributed by atoms with Crippen molar-refractivity contribution in [3.8, 4) is 0 Å². The van der Waals surface area contributed by atoms with E-state index in [4.69, 9.17) is 23.5 Å². The molecule has 0 aromatic rings. The summed E-state index contributed by atoms with van der Waals surface area (Å²) < 4.78 is 31.2. The number of epoxide rings is 1. The molecule has 0 radical (unpaired) electrons. The fourth-order valence-electron chi connectivity index (χ4n) is 5.91. The highest BCUT2D eigenvalue weighted by atomic mass is 32.2. The van der Waals surface area contributed by atoms with E-state index in [1.54, 1.807) is 21.3 Å². The van der Waals surface area contributed by atoms with Gasteiger partial charge in [-0.3, -0.25) is 0 Å². The van der Waals surface area contributed by atoms with Crippen molar-refractivity contribution in [3.63, 3.8) is 0 Å². The van der Waals surface area contributed by atoms with Crippen LogP contribution in [0.3, 0.4) is 0 Å². The van der Waals surface area contributed by atoms with Gasteiger partial charge in [0.1, 0.15) is 0 Å². The van der Waals surface area contributed by atoms with Crippen LogP contribution in [-0.2, 0) is 18.9 Å². The van der Waals surface area contributed by atoms with Crippen LogP contribution < -0.4 is 0 Å². The van der Waals surface area contributed by atoms with Crippen LogP contribution in [0.25, 0.3) is 0 Å². The molecule has 5 nitrogen and oxygen atoms in total. The van der Waals surface area contributed by atoms with Crippen molar-refractivity contribution < 1.29 is 23.5 Å². The molecule has 2 aliphatic rings. The highest BCUT2D eigenvalue weighted by Gasteiger charge is 2.45. The summed E-state index contributed by atoms with van der Waals surface area (Å²) >= 11 is 0.974. The number of methoxy groups -OCH3 is 3. The van der Waals surface area contributed by atoms with Gasteiger partial charge in [-0.05, 0) is 62.9 Å². The standard InChI is InChI=1S/C21H40O4.C10H22OS/c1-5-6-7-8-9-10-11-18(21(22-2,23-3)24-4)14-12-17-13-15-19-20(16-17)25-19;1-2-3-4-5-6-7-8-9-10-12-11/h17-20H,5-16H2,1-4H3;11H,2-10H2,1H3. The van der Waals surface area contributed by atoms with Gasteiger partial charge in [0, 0.05) is 33.0 Å². The number of unbranched alkanes of at least 4 members (excludes halogenated alkanes) is 12. The first-order valence-corrected chi connectivity index (χ1v) is 16.6. The fraction of sp³-hybridized carbons (Fsp3) is 1.00. The van der Waals surface area contributed by atoms with Gasteiger partial charge in [-0.1, -0.05) is 97.3 Å². The number of hydrogen-bond acceptors (Lipinski definition) is 6. The Labute approximate surface area is 234 Å². The predicted molar refractivity (Wildman–Crippen MR) is 158 cm³/mol. The molecule has 1 saturated heterocycles. The Kier molecular flexibility index (Phi) is 21.8. The minimum absolute atomic E-state index is 0.288. The Morgan fingerprint density at radius 3 is 1.78 bits per heavy atom. The zero-order valence-corrected chi connectivity index (χ0v) is 26.0. The van der Waals surface area contributed by atoms with Crippen LogP contribution in [0.1, 0.15) is 142 Å². The molecule has 0 aromatic heterocycles. The highest BCUT2D eigenvalue weighted by molar-refractivity contribution is 7.93. The van der Waals surface area contributed by atoms with Crippen molar-refractivity contribution in [1.82, 2.24) is 0 Å². The summed E-state index contributed by atoms with van der Waals surface area (Å²) in [7, 11) is 5.10. The summed E-state index contributed by atoms with van der Waals surface area (Å²) in [6, 6.07) is 0. The minimum Gasteiger partial charge on any atom is -0.370 e. The van der Waals surface area contributed by atoms with Gasteiger partial charge < -0.3 is 23.5 Å². The molecule has 1 N–H and O–H groups in total. The van der Waals surface area contributed by atoms with E-state index in [-0.39, 0.29) is 5.92 Å². The summed E-state index contributed by atoms with van der Waals surface area (Å²) in [5.74, 6) is 1.10. The number of hydrogen-bond donors (Lipinski definition) is 1. The summed E-state index contributed by atoms with van der Waals surface area (Å²) in [5, 5.41) is 0. The van der Waals surface area contributed by atoms with E-state index >= 15 is 0 Å². The third-order valence-corrected chi connectivity index (χ3v) is 8.86. The van der Waals surface area contributed by atoms with E-state index in [2.05, 4.69) is 13.8 Å². The van der Waals surface area contributed by atoms with E-state index in [9.17, 15) is 0 Å². The second kappa shape index (κ2) is 22.9. The van der Waals surface area contributed by atoms with Crippen LogP contribution in [0.5, 0.6) is 0 Å². The second-order valence-electron chi connectivity index (χ2n) is 11.2. The molecule has 4 atom stereocenters. The molecular formula is C31H62O5S. The van der Waals surface area contributed by atoms with Gasteiger partial charge in [-0.25, -0.2) is 0 Å². The molecule has 37 heavy (non-hydrogen) atoms. The monoisotopic (exact) mass is 546 g/mol. The molecule has 222 valence electrons. The van der Waals surface area contributed by atoms with Crippen LogP contribution in [0.2, 0.25) is 0 Å². The van der Waals surface area contributed by atoms with E-state index in [1.165, 1.54) is 116 Å². The molecule has 0 amide bonds. The second-order valence-corrected chi connectivity index (χ2v) is 11.9. The fourth-order valence-corrected chi connectivity index (χ4v) is 6.24. The van der Waals surface area contributed by atoms with E-state index in [0.717, 1.165) is 36.6 Å². The molecule has 0 aromatic carbocycles. The van der Waals surface area contributed by atoms with Gasteiger partial charge in [0.25, 0.3) is 5.97 Å². The van der Waals surface area contributed by atoms with Crippen LogP contribution in [0.15, 0.2) is 0 Å². The largest absolute Gasteiger partial charge is 0.370 e. The molecule has 1 aliphatic carbocycles. The zero-order valence-electron chi connectivity index (χ0n) is 25.1. The molecule has 4 unspecified atom stereocenters. The normalized spacial score (nSPS) is 21.7. The first-order valence-electron chi connectivity index (χ1n) is 15.7. The summed E-state index contributed by atoms with van der Waals surface area (Å²) in [4.78, 5) is 0. The molecule has 1 heterocycles. The van der Waals surface area contributed by atoms with Gasteiger partial charge in [-0.15, -0.1) is 0 Å². The first-order chi connectivity index (χ1) is 18.1. The molecule has 1 aliphatic heterocycles. The molecule has 0 spiro atoms. The van der Waals surface area contributed by atoms with Crippen molar-refractivity contribution in [2.24, 2.45) is 11.8 Å². The van der Waals surface area contributed by atoms with Gasteiger partial charge in [-0.2, -0.15) is 0 Å². The quantitative estimate of drug-likeness (QED) is 0.0596. The Morgan fingerprint density at radius 1 is 0.730 bits per heavy atom. The van der Waals surface area contributed by atoms with Crippen molar-refractivity contribution in [2.75, 3.05) is 27.1 Å². The van der Waals surface area contributed by atoms with Crippen LogP contribution >= 0.6 is 12.0 Å². The Morgan fingerprint density at radius 2 is 1.27 bits per heavy atom. The molecule has 2 fully saturated rings. The minimum atomic E-state index is -0.892. The lowest BCUT2D eigenvalue weighted by Crippen LogP contribution is -2.44. The van der Waals surface area contributed by atoms with E-state index in [1.807, 2.05) is 0 Å². The predicted octanol–water partition coefficient (Wildman–Crippen LogP) is 9.63. The molecule has 2 rings (SSSR count). The van der Waals surface area contributed by atoms with Crippen molar-refractivity contribution in [3.05, 3.63) is 0 Å². The van der Waals surface area contributed by atoms with Crippen LogP contribution in [-0.4, -0.2) is 49.8 Å².